The minimum Gasteiger partial charge on any atom is -0.391 e. The molecule has 29 heavy (non-hydrogen) atoms. The Morgan fingerprint density at radius 3 is 2.59 bits per heavy atom. The number of aliphatic hydroxyl groups is 1. The molecule has 2 aromatic carbocycles. The minimum atomic E-state index is -2.83. The number of fused-ring (bicyclic) bond motifs is 1. The maximum Gasteiger partial charge on any atom is 0.0784 e. The molecular weight excluding hydrogens is 382 g/mol. The van der Waals surface area contributed by atoms with Crippen LogP contribution in [0.25, 0.3) is 22.2 Å². The highest BCUT2D eigenvalue weighted by molar-refractivity contribution is 7.94. The van der Waals surface area contributed by atoms with Gasteiger partial charge in [-0.3, -0.25) is 0 Å². The highest BCUT2D eigenvalue weighted by Gasteiger charge is 2.63. The summed E-state index contributed by atoms with van der Waals surface area (Å²) in [6.07, 6.45) is 3.27. The lowest BCUT2D eigenvalue weighted by Crippen LogP contribution is -2.62. The topological polar surface area (TPSA) is 80.2 Å². The van der Waals surface area contributed by atoms with Gasteiger partial charge in [0.05, 0.1) is 20.6 Å². The molecule has 2 heterocycles. The van der Waals surface area contributed by atoms with Gasteiger partial charge in [-0.1, -0.05) is 18.2 Å². The average Bonchev–Trinajstić information content (AvgIpc) is 3.24. The molecule has 5 nitrogen and oxygen atoms in total. The van der Waals surface area contributed by atoms with Crippen LogP contribution in [0.5, 0.6) is 0 Å². The van der Waals surface area contributed by atoms with Crippen molar-refractivity contribution >= 4 is 26.3 Å². The molecule has 0 radical (unpaired) electrons. The molecule has 0 spiro atoms. The molecule has 1 aromatic heterocycles. The fraction of sp³-hybridized carbons (Fsp3) is 0.391. The van der Waals surface area contributed by atoms with Crippen LogP contribution in [0.3, 0.4) is 0 Å². The number of aromatic nitrogens is 1. The Bertz CT molecular complexity index is 1180. The van der Waals surface area contributed by atoms with Crippen molar-refractivity contribution in [2.45, 2.75) is 41.4 Å². The standard InChI is InChI=1S/C23H25N3O2S/c24-29(28,23-11-15(12-23)13-23)18-5-6-22(26-8-7-17(27)14-26)19(10-18)21-9-16-3-1-2-4-20(16)25-21/h1-6,9-10,15,17,24-25,27H,7-8,11-14H2/t15?,17-,23?,29-/m0/s1. The smallest absolute Gasteiger partial charge is 0.0784 e. The molecule has 2 atom stereocenters. The number of para-hydroxylation sites is 1. The molecule has 4 aliphatic rings. The lowest BCUT2D eigenvalue weighted by Gasteiger charge is -2.61. The van der Waals surface area contributed by atoms with Crippen LogP contribution in [0.4, 0.5) is 5.69 Å². The van der Waals surface area contributed by atoms with Gasteiger partial charge in [0.2, 0.25) is 0 Å². The number of H-pyrrole nitrogens is 1. The average molecular weight is 408 g/mol. The van der Waals surface area contributed by atoms with Gasteiger partial charge in [0, 0.05) is 45.8 Å². The van der Waals surface area contributed by atoms with Crippen LogP contribution in [0.1, 0.15) is 25.7 Å². The summed E-state index contributed by atoms with van der Waals surface area (Å²) in [6, 6.07) is 16.2. The van der Waals surface area contributed by atoms with E-state index < -0.39 is 9.73 Å². The molecule has 0 amide bonds. The summed E-state index contributed by atoms with van der Waals surface area (Å²) in [5.74, 6) is 0.694. The van der Waals surface area contributed by atoms with E-state index in [0.29, 0.717) is 17.4 Å². The van der Waals surface area contributed by atoms with E-state index in [9.17, 15) is 9.32 Å². The number of nitrogens with zero attached hydrogens (tertiary/aromatic N) is 1. The third-order valence-corrected chi connectivity index (χ3v) is 9.85. The van der Waals surface area contributed by atoms with E-state index >= 15 is 0 Å². The predicted molar refractivity (Wildman–Crippen MR) is 116 cm³/mol. The molecule has 1 aliphatic heterocycles. The van der Waals surface area contributed by atoms with Crippen LogP contribution in [0.15, 0.2) is 53.4 Å². The first-order chi connectivity index (χ1) is 14.0. The lowest BCUT2D eigenvalue weighted by molar-refractivity contribution is 0.0512. The number of hydrogen-bond acceptors (Lipinski definition) is 4. The van der Waals surface area contributed by atoms with Crippen LogP contribution in [0, 0.1) is 10.7 Å². The Morgan fingerprint density at radius 1 is 1.14 bits per heavy atom. The molecule has 0 unspecified atom stereocenters. The van der Waals surface area contributed by atoms with Crippen molar-refractivity contribution in [1.29, 1.82) is 4.78 Å². The predicted octanol–water partition coefficient (Wildman–Crippen LogP) is 4.36. The number of anilines is 1. The summed E-state index contributed by atoms with van der Waals surface area (Å²) in [4.78, 5) is 6.34. The van der Waals surface area contributed by atoms with Gasteiger partial charge in [-0.05, 0) is 61.9 Å². The van der Waals surface area contributed by atoms with Gasteiger partial charge in [0.25, 0.3) is 0 Å². The Kier molecular flexibility index (Phi) is 3.55. The monoisotopic (exact) mass is 407 g/mol. The Hall–Kier alpha value is -2.31. The van der Waals surface area contributed by atoms with Gasteiger partial charge in [-0.15, -0.1) is 0 Å². The summed E-state index contributed by atoms with van der Waals surface area (Å²) in [5.41, 5.74) is 4.03. The van der Waals surface area contributed by atoms with Gasteiger partial charge in [-0.2, -0.15) is 0 Å². The quantitative estimate of drug-likeness (QED) is 0.601. The SMILES string of the molecule is N=[S@](=O)(c1ccc(N2CC[C@H](O)C2)c(-c2cc3ccccc3[nH]2)c1)C12CC(C1)C2. The molecule has 150 valence electrons. The molecule has 3 aliphatic carbocycles. The fourth-order valence-electron chi connectivity index (χ4n) is 5.37. The van der Waals surface area contributed by atoms with Crippen molar-refractivity contribution in [3.05, 3.63) is 48.5 Å². The number of aromatic amines is 1. The molecule has 2 bridgehead atoms. The van der Waals surface area contributed by atoms with Crippen LogP contribution in [-0.4, -0.2) is 38.2 Å². The first kappa shape index (κ1) is 17.5. The van der Waals surface area contributed by atoms with Gasteiger partial charge in [0.15, 0.2) is 0 Å². The largest absolute Gasteiger partial charge is 0.391 e. The van der Waals surface area contributed by atoms with Gasteiger partial charge in [-0.25, -0.2) is 8.99 Å². The normalized spacial score (nSPS) is 30.0. The molecule has 3 aromatic rings. The first-order valence-corrected chi connectivity index (χ1v) is 11.9. The van der Waals surface area contributed by atoms with Crippen LogP contribution < -0.4 is 4.90 Å². The number of aliphatic hydroxyl groups excluding tert-OH is 1. The van der Waals surface area contributed by atoms with Crippen molar-refractivity contribution in [3.8, 4) is 11.3 Å². The summed E-state index contributed by atoms with van der Waals surface area (Å²) >= 11 is 0. The second kappa shape index (κ2) is 5.86. The first-order valence-electron chi connectivity index (χ1n) is 10.4. The summed E-state index contributed by atoms with van der Waals surface area (Å²) < 4.78 is 22.1. The summed E-state index contributed by atoms with van der Waals surface area (Å²) in [6.45, 7) is 1.41. The van der Waals surface area contributed by atoms with Gasteiger partial charge in [0.1, 0.15) is 0 Å². The zero-order chi connectivity index (χ0) is 19.8. The third kappa shape index (κ3) is 2.45. The van der Waals surface area contributed by atoms with E-state index in [2.05, 4.69) is 28.1 Å². The van der Waals surface area contributed by atoms with Crippen LogP contribution >= 0.6 is 0 Å². The third-order valence-electron chi connectivity index (χ3n) is 7.22. The highest BCUT2D eigenvalue weighted by Crippen LogP contribution is 2.63. The lowest BCUT2D eigenvalue weighted by atomic mass is 9.55. The number of benzene rings is 2. The van der Waals surface area contributed by atoms with Crippen molar-refractivity contribution in [2.75, 3.05) is 18.0 Å². The molecule has 3 saturated carbocycles. The van der Waals surface area contributed by atoms with Gasteiger partial charge >= 0.3 is 0 Å². The van der Waals surface area contributed by atoms with E-state index in [1.165, 1.54) is 0 Å². The van der Waals surface area contributed by atoms with E-state index in [4.69, 9.17) is 4.78 Å². The van der Waals surface area contributed by atoms with E-state index in [0.717, 1.165) is 60.1 Å². The number of β-amino-alcohol motifs (C(OH)–C–C–N with tert-alkyl or cyclic N) is 1. The Balaban J connectivity index is 1.50. The Labute approximate surface area is 170 Å². The van der Waals surface area contributed by atoms with Crippen LogP contribution in [0.2, 0.25) is 0 Å². The highest BCUT2D eigenvalue weighted by atomic mass is 32.2. The molecule has 1 saturated heterocycles. The fourth-order valence-corrected chi connectivity index (χ4v) is 7.82. The molecule has 3 N–H and O–H groups in total. The molecule has 7 rings (SSSR count). The van der Waals surface area contributed by atoms with Crippen molar-refractivity contribution in [1.82, 2.24) is 4.98 Å². The Morgan fingerprint density at radius 2 is 1.93 bits per heavy atom. The minimum absolute atomic E-state index is 0.291. The van der Waals surface area contributed by atoms with E-state index in [1.54, 1.807) is 0 Å². The summed E-state index contributed by atoms with van der Waals surface area (Å²) in [7, 11) is -2.83. The zero-order valence-electron chi connectivity index (χ0n) is 16.2. The van der Waals surface area contributed by atoms with Crippen LogP contribution in [-0.2, 0) is 9.73 Å². The van der Waals surface area contributed by atoms with Gasteiger partial charge < -0.3 is 15.0 Å². The van der Waals surface area contributed by atoms with Crippen molar-refractivity contribution in [2.24, 2.45) is 5.92 Å². The maximum absolute atomic E-state index is 13.6. The van der Waals surface area contributed by atoms with E-state index in [-0.39, 0.29) is 10.9 Å². The summed E-state index contributed by atoms with van der Waals surface area (Å²) in [5, 5.41) is 11.2. The number of nitrogens with one attached hydrogen (secondary N) is 2. The maximum atomic E-state index is 13.6. The second-order valence-electron chi connectivity index (χ2n) is 9.06. The molecule has 4 fully saturated rings. The zero-order valence-corrected chi connectivity index (χ0v) is 17.0. The second-order valence-corrected chi connectivity index (χ2v) is 11.5. The molecule has 6 heteroatoms. The van der Waals surface area contributed by atoms with Crippen molar-refractivity contribution in [3.63, 3.8) is 0 Å². The molecular formula is C23H25N3O2S. The van der Waals surface area contributed by atoms with E-state index in [1.807, 2.05) is 30.3 Å². The van der Waals surface area contributed by atoms with Crippen molar-refractivity contribution < 1.29 is 9.32 Å². The number of rotatable bonds is 4. The number of hydrogen-bond donors (Lipinski definition) is 3.